The van der Waals surface area contributed by atoms with Gasteiger partial charge in [-0.15, -0.1) is 0 Å². The quantitative estimate of drug-likeness (QED) is 0.573. The van der Waals surface area contributed by atoms with E-state index in [0.29, 0.717) is 12.2 Å². The number of esters is 1. The zero-order chi connectivity index (χ0) is 12.0. The molecule has 0 aliphatic heterocycles. The molecule has 0 radical (unpaired) electrons. The fraction of sp³-hybridized carbons (Fsp3) is 0.583. The van der Waals surface area contributed by atoms with Crippen LogP contribution in [0.5, 0.6) is 0 Å². The second-order valence-electron chi connectivity index (χ2n) is 3.73. The summed E-state index contributed by atoms with van der Waals surface area (Å²) in [5, 5.41) is 8.68. The van der Waals surface area contributed by atoms with Crippen LogP contribution in [0.3, 0.4) is 0 Å². The first-order chi connectivity index (χ1) is 7.69. The number of aliphatic hydroxyl groups is 1. The monoisotopic (exact) mass is 225 g/mol. The Balaban J connectivity index is 2.62. The third kappa shape index (κ3) is 3.38. The summed E-state index contributed by atoms with van der Waals surface area (Å²) in [6, 6.07) is 1.84. The van der Waals surface area contributed by atoms with E-state index >= 15 is 0 Å². The smallest absolute Gasteiger partial charge is 0.339 e. The van der Waals surface area contributed by atoms with E-state index in [0.717, 1.165) is 30.7 Å². The molecule has 0 spiro atoms. The lowest BCUT2D eigenvalue weighted by molar-refractivity contribution is 0.0525. The second kappa shape index (κ2) is 6.33. The molecular formula is C12H19NO3. The van der Waals surface area contributed by atoms with E-state index in [1.807, 2.05) is 13.0 Å². The summed E-state index contributed by atoms with van der Waals surface area (Å²) in [5.74, 6) is -0.273. The van der Waals surface area contributed by atoms with Crippen molar-refractivity contribution in [2.24, 2.45) is 0 Å². The fourth-order valence-electron chi connectivity index (χ4n) is 1.61. The van der Waals surface area contributed by atoms with Crippen LogP contribution < -0.4 is 0 Å². The van der Waals surface area contributed by atoms with Crippen LogP contribution in [0, 0.1) is 6.92 Å². The first kappa shape index (κ1) is 12.8. The molecule has 4 heteroatoms. The van der Waals surface area contributed by atoms with Crippen LogP contribution in [0.1, 0.15) is 41.5 Å². The first-order valence-corrected chi connectivity index (χ1v) is 5.65. The maximum atomic E-state index is 11.5. The van der Waals surface area contributed by atoms with Crippen molar-refractivity contribution in [2.75, 3.05) is 13.2 Å². The van der Waals surface area contributed by atoms with Gasteiger partial charge in [0.2, 0.25) is 0 Å². The number of aliphatic hydroxyl groups excluding tert-OH is 1. The molecule has 90 valence electrons. The van der Waals surface area contributed by atoms with Gasteiger partial charge < -0.3 is 14.8 Å². The summed E-state index contributed by atoms with van der Waals surface area (Å²) >= 11 is 0. The number of unbranched alkanes of at least 4 members (excludes halogenated alkanes) is 1. The molecule has 2 N–H and O–H groups in total. The summed E-state index contributed by atoms with van der Waals surface area (Å²) in [5.41, 5.74) is 2.48. The average Bonchev–Trinajstić information content (AvgIpc) is 2.61. The molecule has 0 bridgehead atoms. The molecule has 1 heterocycles. The SMILES string of the molecule is CCOC(=O)c1cc(CCCCO)[nH]c1C. The van der Waals surface area contributed by atoms with Gasteiger partial charge in [0.15, 0.2) is 0 Å². The summed E-state index contributed by atoms with van der Waals surface area (Å²) in [7, 11) is 0. The van der Waals surface area contributed by atoms with Gasteiger partial charge in [0.25, 0.3) is 0 Å². The Kier molecular flexibility index (Phi) is 5.05. The predicted molar refractivity (Wildman–Crippen MR) is 61.5 cm³/mol. The highest BCUT2D eigenvalue weighted by Gasteiger charge is 2.13. The molecule has 1 aromatic heterocycles. The fourth-order valence-corrected chi connectivity index (χ4v) is 1.61. The highest BCUT2D eigenvalue weighted by atomic mass is 16.5. The van der Waals surface area contributed by atoms with E-state index < -0.39 is 0 Å². The van der Waals surface area contributed by atoms with E-state index in [9.17, 15) is 4.79 Å². The zero-order valence-electron chi connectivity index (χ0n) is 9.88. The predicted octanol–water partition coefficient (Wildman–Crippen LogP) is 1.81. The number of carbonyl (C=O) groups is 1. The van der Waals surface area contributed by atoms with Crippen molar-refractivity contribution in [3.05, 3.63) is 23.0 Å². The number of hydrogen-bond acceptors (Lipinski definition) is 3. The second-order valence-corrected chi connectivity index (χ2v) is 3.73. The molecule has 0 saturated carbocycles. The zero-order valence-corrected chi connectivity index (χ0v) is 9.88. The van der Waals surface area contributed by atoms with Gasteiger partial charge in [-0.3, -0.25) is 0 Å². The third-order valence-electron chi connectivity index (χ3n) is 2.42. The Bertz CT molecular complexity index is 344. The summed E-state index contributed by atoms with van der Waals surface area (Å²) in [4.78, 5) is 14.7. The van der Waals surface area contributed by atoms with E-state index in [1.54, 1.807) is 6.92 Å². The molecular weight excluding hydrogens is 206 g/mol. The standard InChI is InChI=1S/C12H19NO3/c1-3-16-12(15)11-8-10(13-9(11)2)6-4-5-7-14/h8,13-14H,3-7H2,1-2H3. The van der Waals surface area contributed by atoms with Crippen molar-refractivity contribution in [3.8, 4) is 0 Å². The van der Waals surface area contributed by atoms with Crippen LogP contribution >= 0.6 is 0 Å². The molecule has 0 aliphatic carbocycles. The minimum atomic E-state index is -0.273. The Morgan fingerprint density at radius 2 is 2.25 bits per heavy atom. The van der Waals surface area contributed by atoms with E-state index in [4.69, 9.17) is 9.84 Å². The number of aromatic amines is 1. The van der Waals surface area contributed by atoms with E-state index in [2.05, 4.69) is 4.98 Å². The van der Waals surface area contributed by atoms with Crippen LogP contribution in [0.15, 0.2) is 6.07 Å². The average molecular weight is 225 g/mol. The lowest BCUT2D eigenvalue weighted by Crippen LogP contribution is -2.04. The highest BCUT2D eigenvalue weighted by Crippen LogP contribution is 2.13. The maximum Gasteiger partial charge on any atom is 0.339 e. The summed E-state index contributed by atoms with van der Waals surface area (Å²) in [6.07, 6.45) is 2.55. The highest BCUT2D eigenvalue weighted by molar-refractivity contribution is 5.90. The number of aryl methyl sites for hydroxylation is 2. The van der Waals surface area contributed by atoms with Crippen LogP contribution in [0.2, 0.25) is 0 Å². The van der Waals surface area contributed by atoms with Crippen molar-refractivity contribution in [3.63, 3.8) is 0 Å². The number of H-pyrrole nitrogens is 1. The lowest BCUT2D eigenvalue weighted by Gasteiger charge is -1.98. The van der Waals surface area contributed by atoms with E-state index in [-0.39, 0.29) is 12.6 Å². The molecule has 0 atom stereocenters. The van der Waals surface area contributed by atoms with Gasteiger partial charge in [0, 0.05) is 18.0 Å². The van der Waals surface area contributed by atoms with Crippen LogP contribution in [0.25, 0.3) is 0 Å². The van der Waals surface area contributed by atoms with Crippen molar-refractivity contribution < 1.29 is 14.6 Å². The van der Waals surface area contributed by atoms with Crippen molar-refractivity contribution in [1.29, 1.82) is 0 Å². The van der Waals surface area contributed by atoms with Crippen molar-refractivity contribution in [1.82, 2.24) is 4.98 Å². The normalized spacial score (nSPS) is 10.4. The molecule has 4 nitrogen and oxygen atoms in total. The number of carbonyl (C=O) groups excluding carboxylic acids is 1. The number of nitrogens with one attached hydrogen (secondary N) is 1. The Hall–Kier alpha value is -1.29. The number of hydrogen-bond donors (Lipinski definition) is 2. The number of rotatable bonds is 6. The summed E-state index contributed by atoms with van der Waals surface area (Å²) < 4.78 is 4.95. The molecule has 0 aliphatic rings. The molecule has 0 unspecified atom stereocenters. The van der Waals surface area contributed by atoms with Gasteiger partial charge >= 0.3 is 5.97 Å². The van der Waals surface area contributed by atoms with Gasteiger partial charge in [0.1, 0.15) is 0 Å². The van der Waals surface area contributed by atoms with Gasteiger partial charge in [-0.1, -0.05) is 0 Å². The molecule has 16 heavy (non-hydrogen) atoms. The van der Waals surface area contributed by atoms with Gasteiger partial charge in [-0.05, 0) is 39.2 Å². The van der Waals surface area contributed by atoms with Crippen molar-refractivity contribution in [2.45, 2.75) is 33.1 Å². The topological polar surface area (TPSA) is 62.3 Å². The van der Waals surface area contributed by atoms with E-state index in [1.165, 1.54) is 0 Å². The molecule has 0 amide bonds. The maximum absolute atomic E-state index is 11.5. The lowest BCUT2D eigenvalue weighted by atomic mass is 10.2. The van der Waals surface area contributed by atoms with Crippen LogP contribution in [-0.2, 0) is 11.2 Å². The Morgan fingerprint density at radius 1 is 1.50 bits per heavy atom. The minimum absolute atomic E-state index is 0.213. The first-order valence-electron chi connectivity index (χ1n) is 5.65. The Labute approximate surface area is 95.6 Å². The van der Waals surface area contributed by atoms with Gasteiger partial charge in [-0.2, -0.15) is 0 Å². The molecule has 1 rings (SSSR count). The number of ether oxygens (including phenoxy) is 1. The Morgan fingerprint density at radius 3 is 2.88 bits per heavy atom. The molecule has 1 aromatic rings. The van der Waals surface area contributed by atoms with Crippen LogP contribution in [0.4, 0.5) is 0 Å². The number of aromatic nitrogens is 1. The largest absolute Gasteiger partial charge is 0.462 e. The van der Waals surface area contributed by atoms with Crippen molar-refractivity contribution >= 4 is 5.97 Å². The van der Waals surface area contributed by atoms with Gasteiger partial charge in [0.05, 0.1) is 12.2 Å². The van der Waals surface area contributed by atoms with Crippen LogP contribution in [-0.4, -0.2) is 29.3 Å². The molecule has 0 saturated heterocycles. The molecule has 0 aromatic carbocycles. The third-order valence-corrected chi connectivity index (χ3v) is 2.42. The van der Waals surface area contributed by atoms with Gasteiger partial charge in [-0.25, -0.2) is 4.79 Å². The molecule has 0 fully saturated rings. The summed E-state index contributed by atoms with van der Waals surface area (Å²) in [6.45, 7) is 4.26. The minimum Gasteiger partial charge on any atom is -0.462 e.